The van der Waals surface area contributed by atoms with Gasteiger partial charge in [0.15, 0.2) is 9.84 Å². The van der Waals surface area contributed by atoms with E-state index in [-0.39, 0.29) is 16.4 Å². The second-order valence-electron chi connectivity index (χ2n) is 6.17. The summed E-state index contributed by atoms with van der Waals surface area (Å²) < 4.78 is 26.1. The number of aromatic nitrogens is 2. The first-order chi connectivity index (χ1) is 12.7. The number of hydrogen-bond donors (Lipinski definition) is 1. The van der Waals surface area contributed by atoms with Gasteiger partial charge in [-0.3, -0.25) is 4.79 Å². The van der Waals surface area contributed by atoms with Crippen LogP contribution in [0.4, 0.5) is 5.69 Å². The molecule has 0 radical (unpaired) electrons. The van der Waals surface area contributed by atoms with Crippen molar-refractivity contribution >= 4 is 37.4 Å². The lowest BCUT2D eigenvalue weighted by atomic mass is 10.1. The number of sulfone groups is 1. The van der Waals surface area contributed by atoms with Crippen LogP contribution in [0.1, 0.15) is 21.7 Å². The number of amides is 1. The van der Waals surface area contributed by atoms with Crippen LogP contribution in [0.15, 0.2) is 64.2 Å². The lowest BCUT2D eigenvalue weighted by Crippen LogP contribution is -2.13. The molecule has 1 heterocycles. The number of carbonyl (C=O) groups excluding carboxylic acids is 1. The summed E-state index contributed by atoms with van der Waals surface area (Å²) in [4.78, 5) is 16.7. The molecule has 0 spiro atoms. The molecule has 8 heteroatoms. The summed E-state index contributed by atoms with van der Waals surface area (Å²) in [7, 11) is -3.43. The second-order valence-corrected chi connectivity index (χ2v) is 9.01. The zero-order chi connectivity index (χ0) is 19.6. The molecular formula is C19H18BrN3O3S. The van der Waals surface area contributed by atoms with E-state index in [4.69, 9.17) is 0 Å². The summed E-state index contributed by atoms with van der Waals surface area (Å²) in [5.74, 6) is 0.565. The van der Waals surface area contributed by atoms with Gasteiger partial charge in [0.25, 0.3) is 5.91 Å². The number of aryl methyl sites for hydroxylation is 1. The summed E-state index contributed by atoms with van der Waals surface area (Å²) in [5, 5.41) is 2.79. The van der Waals surface area contributed by atoms with Gasteiger partial charge in [-0.15, -0.1) is 0 Å². The third-order valence-electron chi connectivity index (χ3n) is 4.08. The Kier molecular flexibility index (Phi) is 5.48. The van der Waals surface area contributed by atoms with E-state index in [1.807, 2.05) is 42.0 Å². The van der Waals surface area contributed by atoms with Crippen LogP contribution in [0.5, 0.6) is 0 Å². The van der Waals surface area contributed by atoms with E-state index >= 15 is 0 Å². The molecule has 0 aliphatic carbocycles. The average Bonchev–Trinajstić information content (AvgIpc) is 3.01. The monoisotopic (exact) mass is 447 g/mol. The van der Waals surface area contributed by atoms with E-state index in [9.17, 15) is 13.2 Å². The van der Waals surface area contributed by atoms with Crippen LogP contribution >= 0.6 is 15.9 Å². The molecule has 1 aromatic heterocycles. The molecule has 140 valence electrons. The van der Waals surface area contributed by atoms with E-state index in [1.165, 1.54) is 6.07 Å². The summed E-state index contributed by atoms with van der Waals surface area (Å²) in [6.45, 7) is 2.64. The van der Waals surface area contributed by atoms with Gasteiger partial charge in [-0.25, -0.2) is 13.4 Å². The topological polar surface area (TPSA) is 81.1 Å². The first kappa shape index (κ1) is 19.3. The highest BCUT2D eigenvalue weighted by atomic mass is 79.9. The molecule has 0 aliphatic rings. The van der Waals surface area contributed by atoms with Gasteiger partial charge in [0, 0.05) is 40.9 Å². The molecule has 27 heavy (non-hydrogen) atoms. The molecule has 0 bridgehead atoms. The normalized spacial score (nSPS) is 11.4. The van der Waals surface area contributed by atoms with Gasteiger partial charge in [-0.1, -0.05) is 12.1 Å². The number of halogens is 1. The Morgan fingerprint density at radius 1 is 1.19 bits per heavy atom. The van der Waals surface area contributed by atoms with Gasteiger partial charge >= 0.3 is 0 Å². The number of nitrogens with one attached hydrogen (secondary N) is 1. The fourth-order valence-electron chi connectivity index (χ4n) is 2.59. The maximum Gasteiger partial charge on any atom is 0.255 e. The summed E-state index contributed by atoms with van der Waals surface area (Å²) >= 11 is 3.20. The number of rotatable bonds is 5. The smallest absolute Gasteiger partial charge is 0.255 e. The van der Waals surface area contributed by atoms with Gasteiger partial charge in [-0.2, -0.15) is 0 Å². The molecule has 0 saturated heterocycles. The van der Waals surface area contributed by atoms with Crippen LogP contribution < -0.4 is 5.32 Å². The van der Waals surface area contributed by atoms with Gasteiger partial charge in [0.1, 0.15) is 5.82 Å². The Labute approximate surface area is 166 Å². The van der Waals surface area contributed by atoms with Gasteiger partial charge in [0.05, 0.1) is 4.90 Å². The Morgan fingerprint density at radius 3 is 2.48 bits per heavy atom. The zero-order valence-electron chi connectivity index (χ0n) is 14.8. The number of benzene rings is 2. The van der Waals surface area contributed by atoms with Crippen LogP contribution in [0, 0.1) is 6.92 Å². The molecular weight excluding hydrogens is 430 g/mol. The van der Waals surface area contributed by atoms with Crippen molar-refractivity contribution in [1.82, 2.24) is 9.55 Å². The van der Waals surface area contributed by atoms with Crippen LogP contribution in [0.25, 0.3) is 0 Å². The van der Waals surface area contributed by atoms with E-state index in [0.29, 0.717) is 16.7 Å². The van der Waals surface area contributed by atoms with Gasteiger partial charge in [-0.05, 0) is 58.7 Å². The lowest BCUT2D eigenvalue weighted by molar-refractivity contribution is 0.102. The van der Waals surface area contributed by atoms with Crippen molar-refractivity contribution in [3.8, 4) is 0 Å². The molecule has 0 fully saturated rings. The zero-order valence-corrected chi connectivity index (χ0v) is 17.2. The quantitative estimate of drug-likeness (QED) is 0.646. The molecule has 0 aliphatic heterocycles. The Hall–Kier alpha value is -2.45. The Balaban J connectivity index is 1.74. The van der Waals surface area contributed by atoms with Crippen LogP contribution in [-0.4, -0.2) is 30.1 Å². The van der Waals surface area contributed by atoms with Gasteiger partial charge < -0.3 is 9.88 Å². The molecule has 1 amide bonds. The Morgan fingerprint density at radius 2 is 1.89 bits per heavy atom. The first-order valence-electron chi connectivity index (χ1n) is 8.11. The average molecular weight is 448 g/mol. The lowest BCUT2D eigenvalue weighted by Gasteiger charge is -2.09. The first-order valence-corrected chi connectivity index (χ1v) is 10.8. The van der Waals surface area contributed by atoms with Crippen molar-refractivity contribution in [3.05, 3.63) is 76.3 Å². The van der Waals surface area contributed by atoms with Crippen molar-refractivity contribution in [2.75, 3.05) is 11.6 Å². The highest BCUT2D eigenvalue weighted by Crippen LogP contribution is 2.23. The van der Waals surface area contributed by atoms with Crippen LogP contribution in [0.2, 0.25) is 0 Å². The molecule has 3 rings (SSSR count). The fourth-order valence-corrected chi connectivity index (χ4v) is 4.49. The summed E-state index contributed by atoms with van der Waals surface area (Å²) in [6, 6.07) is 12.0. The Bertz CT molecular complexity index is 1090. The maximum atomic E-state index is 12.5. The molecule has 2 aromatic carbocycles. The third kappa shape index (κ3) is 4.64. The predicted octanol–water partition coefficient (Wildman–Crippen LogP) is 3.66. The number of anilines is 1. The van der Waals surface area contributed by atoms with E-state index in [0.717, 1.165) is 17.6 Å². The van der Waals surface area contributed by atoms with Crippen molar-refractivity contribution in [2.45, 2.75) is 18.4 Å². The molecule has 0 unspecified atom stereocenters. The molecule has 0 saturated carbocycles. The SMILES string of the molecule is Cc1nccn1Cc1ccc(NC(=O)c2ccc(Br)c(S(C)(=O)=O)c2)cc1. The number of imidazole rings is 1. The number of carbonyl (C=O) groups is 1. The summed E-state index contributed by atoms with van der Waals surface area (Å²) in [6.07, 6.45) is 4.78. The van der Waals surface area contributed by atoms with Crippen molar-refractivity contribution in [3.63, 3.8) is 0 Å². The molecule has 0 atom stereocenters. The van der Waals surface area contributed by atoms with Crippen molar-refractivity contribution < 1.29 is 13.2 Å². The number of nitrogens with zero attached hydrogens (tertiary/aromatic N) is 2. The highest BCUT2D eigenvalue weighted by Gasteiger charge is 2.15. The van der Waals surface area contributed by atoms with E-state index in [1.54, 1.807) is 18.3 Å². The molecule has 1 N–H and O–H groups in total. The molecule has 6 nitrogen and oxygen atoms in total. The number of hydrogen-bond acceptors (Lipinski definition) is 4. The minimum atomic E-state index is -3.43. The van der Waals surface area contributed by atoms with Crippen molar-refractivity contribution in [2.24, 2.45) is 0 Å². The minimum absolute atomic E-state index is 0.0844. The fraction of sp³-hybridized carbons (Fsp3) is 0.158. The van der Waals surface area contributed by atoms with Crippen molar-refractivity contribution in [1.29, 1.82) is 0 Å². The van der Waals surface area contributed by atoms with E-state index in [2.05, 4.69) is 26.2 Å². The molecule has 3 aromatic rings. The van der Waals surface area contributed by atoms with Gasteiger partial charge in [0.2, 0.25) is 0 Å². The maximum absolute atomic E-state index is 12.5. The second kappa shape index (κ2) is 7.66. The highest BCUT2D eigenvalue weighted by molar-refractivity contribution is 9.10. The van der Waals surface area contributed by atoms with Crippen LogP contribution in [-0.2, 0) is 16.4 Å². The third-order valence-corrected chi connectivity index (χ3v) is 6.17. The largest absolute Gasteiger partial charge is 0.331 e. The van der Waals surface area contributed by atoms with Crippen LogP contribution in [0.3, 0.4) is 0 Å². The summed E-state index contributed by atoms with van der Waals surface area (Å²) in [5.41, 5.74) is 1.99. The predicted molar refractivity (Wildman–Crippen MR) is 108 cm³/mol. The minimum Gasteiger partial charge on any atom is -0.331 e. The van der Waals surface area contributed by atoms with E-state index < -0.39 is 9.84 Å². The standard InChI is InChI=1S/C19H18BrN3O3S/c1-13-21-9-10-23(13)12-14-3-6-16(7-4-14)22-19(24)15-5-8-17(20)18(11-15)27(2,25)26/h3-11H,12H2,1-2H3,(H,22,24).